The summed E-state index contributed by atoms with van der Waals surface area (Å²) in [4.78, 5) is 0. The minimum absolute atomic E-state index is 1.21. The zero-order valence-electron chi connectivity index (χ0n) is 11.4. The van der Waals surface area contributed by atoms with E-state index in [1.807, 2.05) is 6.07 Å². The molecule has 0 aromatic heterocycles. The molecule has 0 atom stereocenters. The molecule has 1 heteroatoms. The Morgan fingerprint density at radius 1 is 0.722 bits per heavy atom. The minimum atomic E-state index is -1.21. The van der Waals surface area contributed by atoms with Crippen LogP contribution in [-0.4, -0.2) is 8.07 Å². The van der Waals surface area contributed by atoms with Gasteiger partial charge in [-0.3, -0.25) is 0 Å². The summed E-state index contributed by atoms with van der Waals surface area (Å²) in [5.74, 6) is 0. The summed E-state index contributed by atoms with van der Waals surface area (Å²) in [6, 6.07) is 19.3. The summed E-state index contributed by atoms with van der Waals surface area (Å²) in [5, 5.41) is 1.51. The van der Waals surface area contributed by atoms with Crippen LogP contribution < -0.4 is 5.19 Å². The largest absolute Gasteiger partial charge is 0.0776 e. The Labute approximate surface area is 111 Å². The van der Waals surface area contributed by atoms with Crippen molar-refractivity contribution in [2.75, 3.05) is 0 Å². The van der Waals surface area contributed by atoms with Gasteiger partial charge >= 0.3 is 0 Å². The van der Waals surface area contributed by atoms with Crippen molar-refractivity contribution in [3.8, 4) is 0 Å². The third kappa shape index (κ3) is 3.44. The molecule has 2 rings (SSSR count). The van der Waals surface area contributed by atoms with Crippen molar-refractivity contribution in [1.29, 1.82) is 0 Å². The van der Waals surface area contributed by atoms with Crippen LogP contribution in [0.5, 0.6) is 0 Å². The Morgan fingerprint density at radius 3 is 2.00 bits per heavy atom. The maximum atomic E-state index is 2.38. The predicted molar refractivity (Wildman–Crippen MR) is 84.8 cm³/mol. The molecule has 0 aliphatic heterocycles. The van der Waals surface area contributed by atoms with Gasteiger partial charge in [-0.15, -0.1) is 0 Å². The second-order valence-electron chi connectivity index (χ2n) is 5.62. The van der Waals surface area contributed by atoms with E-state index in [9.17, 15) is 0 Å². The van der Waals surface area contributed by atoms with Gasteiger partial charge in [0.15, 0.2) is 0 Å². The van der Waals surface area contributed by atoms with Gasteiger partial charge in [0.2, 0.25) is 0 Å². The van der Waals surface area contributed by atoms with Gasteiger partial charge in [-0.1, -0.05) is 91.6 Å². The normalized spacial score (nSPS) is 11.9. The Balaban J connectivity index is 2.23. The predicted octanol–water partition coefficient (Wildman–Crippen LogP) is 4.40. The Morgan fingerprint density at radius 2 is 1.33 bits per heavy atom. The fourth-order valence-electron chi connectivity index (χ4n) is 1.87. The standard InChI is InChI=1S/C17H20Si/c1-18(2,3)17-11-7-10-16(14-17)13-12-15-8-5-4-6-9-15/h4-14H,1-3H3/b13-12+. The Kier molecular flexibility index (Phi) is 3.83. The quantitative estimate of drug-likeness (QED) is 0.561. The summed E-state index contributed by atoms with van der Waals surface area (Å²) < 4.78 is 0. The molecule has 0 fully saturated rings. The molecule has 0 spiro atoms. The van der Waals surface area contributed by atoms with Crippen LogP contribution in [0.2, 0.25) is 19.6 Å². The topological polar surface area (TPSA) is 0 Å². The molecule has 0 radical (unpaired) electrons. The van der Waals surface area contributed by atoms with E-state index in [-0.39, 0.29) is 0 Å². The molecule has 0 N–H and O–H groups in total. The highest BCUT2D eigenvalue weighted by molar-refractivity contribution is 6.88. The first kappa shape index (κ1) is 12.8. The molecular weight excluding hydrogens is 232 g/mol. The van der Waals surface area contributed by atoms with Gasteiger partial charge in [-0.2, -0.15) is 0 Å². The van der Waals surface area contributed by atoms with Gasteiger partial charge in [0.1, 0.15) is 0 Å². The minimum Gasteiger partial charge on any atom is -0.0656 e. The van der Waals surface area contributed by atoms with Gasteiger partial charge in [-0.25, -0.2) is 0 Å². The summed E-state index contributed by atoms with van der Waals surface area (Å²) in [6.07, 6.45) is 4.36. The lowest BCUT2D eigenvalue weighted by molar-refractivity contribution is 1.64. The van der Waals surface area contributed by atoms with E-state index in [0.29, 0.717) is 0 Å². The van der Waals surface area contributed by atoms with Crippen LogP contribution in [0.4, 0.5) is 0 Å². The smallest absolute Gasteiger partial charge is 0.0656 e. The van der Waals surface area contributed by atoms with E-state index in [0.717, 1.165) is 0 Å². The van der Waals surface area contributed by atoms with Crippen molar-refractivity contribution in [2.24, 2.45) is 0 Å². The number of benzene rings is 2. The van der Waals surface area contributed by atoms with Crippen molar-refractivity contribution >= 4 is 25.4 Å². The van der Waals surface area contributed by atoms with E-state index < -0.39 is 8.07 Å². The van der Waals surface area contributed by atoms with Crippen LogP contribution in [0, 0.1) is 0 Å². The molecule has 0 saturated carbocycles. The lowest BCUT2D eigenvalue weighted by atomic mass is 10.1. The summed E-state index contributed by atoms with van der Waals surface area (Å²) >= 11 is 0. The molecule has 0 aliphatic carbocycles. The molecule has 2 aromatic carbocycles. The first-order valence-electron chi connectivity index (χ1n) is 6.39. The molecular formula is C17H20Si. The fraction of sp³-hybridized carbons (Fsp3) is 0.176. The van der Waals surface area contributed by atoms with E-state index >= 15 is 0 Å². The average Bonchev–Trinajstić information content (AvgIpc) is 2.37. The van der Waals surface area contributed by atoms with Gasteiger partial charge in [0.05, 0.1) is 8.07 Å². The van der Waals surface area contributed by atoms with Gasteiger partial charge in [0.25, 0.3) is 0 Å². The highest BCUT2D eigenvalue weighted by Crippen LogP contribution is 2.09. The van der Waals surface area contributed by atoms with Crippen molar-refractivity contribution in [3.05, 3.63) is 65.7 Å². The summed E-state index contributed by atoms with van der Waals surface area (Å²) in [5.41, 5.74) is 2.54. The molecule has 0 nitrogen and oxygen atoms in total. The third-order valence-corrected chi connectivity index (χ3v) is 5.06. The highest BCUT2D eigenvalue weighted by atomic mass is 28.3. The first-order chi connectivity index (χ1) is 8.55. The van der Waals surface area contributed by atoms with Crippen molar-refractivity contribution < 1.29 is 0 Å². The second kappa shape index (κ2) is 5.36. The molecule has 0 amide bonds. The zero-order chi connectivity index (χ0) is 13.0. The Bertz CT molecular complexity index is 533. The van der Waals surface area contributed by atoms with E-state index in [4.69, 9.17) is 0 Å². The molecule has 18 heavy (non-hydrogen) atoms. The molecule has 92 valence electrons. The van der Waals surface area contributed by atoms with Crippen LogP contribution >= 0.6 is 0 Å². The molecule has 0 bridgehead atoms. The monoisotopic (exact) mass is 252 g/mol. The number of rotatable bonds is 3. The lowest BCUT2D eigenvalue weighted by Gasteiger charge is -2.16. The molecule has 0 saturated heterocycles. The third-order valence-electron chi connectivity index (χ3n) is 3.02. The van der Waals surface area contributed by atoms with Gasteiger partial charge in [0, 0.05) is 0 Å². The maximum absolute atomic E-state index is 2.38. The van der Waals surface area contributed by atoms with Crippen molar-refractivity contribution in [2.45, 2.75) is 19.6 Å². The fourth-order valence-corrected chi connectivity index (χ4v) is 3.06. The van der Waals surface area contributed by atoms with Crippen molar-refractivity contribution in [1.82, 2.24) is 0 Å². The first-order valence-corrected chi connectivity index (χ1v) is 9.89. The van der Waals surface area contributed by atoms with E-state index in [1.165, 1.54) is 16.3 Å². The second-order valence-corrected chi connectivity index (χ2v) is 10.7. The van der Waals surface area contributed by atoms with Gasteiger partial charge in [-0.05, 0) is 11.1 Å². The van der Waals surface area contributed by atoms with Crippen LogP contribution in [-0.2, 0) is 0 Å². The molecule has 0 unspecified atom stereocenters. The van der Waals surface area contributed by atoms with Crippen molar-refractivity contribution in [3.63, 3.8) is 0 Å². The highest BCUT2D eigenvalue weighted by Gasteiger charge is 2.15. The van der Waals surface area contributed by atoms with Crippen LogP contribution in [0.15, 0.2) is 54.6 Å². The molecule has 2 aromatic rings. The SMILES string of the molecule is C[Si](C)(C)c1cccc(/C=C/c2ccccc2)c1. The van der Waals surface area contributed by atoms with Gasteiger partial charge < -0.3 is 0 Å². The van der Waals surface area contributed by atoms with Crippen LogP contribution in [0.1, 0.15) is 11.1 Å². The average molecular weight is 252 g/mol. The lowest BCUT2D eigenvalue weighted by Crippen LogP contribution is -2.37. The number of hydrogen-bond acceptors (Lipinski definition) is 0. The van der Waals surface area contributed by atoms with Crippen LogP contribution in [0.25, 0.3) is 12.2 Å². The molecule has 0 heterocycles. The zero-order valence-corrected chi connectivity index (χ0v) is 12.4. The summed E-state index contributed by atoms with van der Waals surface area (Å²) in [7, 11) is -1.21. The van der Waals surface area contributed by atoms with Crippen LogP contribution in [0.3, 0.4) is 0 Å². The van der Waals surface area contributed by atoms with E-state index in [2.05, 4.69) is 80.3 Å². The number of hydrogen-bond donors (Lipinski definition) is 0. The Hall–Kier alpha value is -1.60. The molecule has 0 aliphatic rings. The maximum Gasteiger partial charge on any atom is 0.0776 e. The summed E-state index contributed by atoms with van der Waals surface area (Å²) in [6.45, 7) is 7.15. The van der Waals surface area contributed by atoms with E-state index in [1.54, 1.807) is 0 Å².